The summed E-state index contributed by atoms with van der Waals surface area (Å²) >= 11 is 0. The van der Waals surface area contributed by atoms with Crippen molar-refractivity contribution in [2.45, 2.75) is 58.5 Å². The third-order valence-corrected chi connectivity index (χ3v) is 8.68. The van der Waals surface area contributed by atoms with Gasteiger partial charge in [0.05, 0.1) is 24.8 Å². The Bertz CT molecular complexity index is 1480. The van der Waals surface area contributed by atoms with Gasteiger partial charge in [0.15, 0.2) is 11.5 Å². The molecule has 0 bridgehead atoms. The molecule has 0 aliphatic heterocycles. The quantitative estimate of drug-likeness (QED) is 0.305. The van der Waals surface area contributed by atoms with Gasteiger partial charge in [-0.15, -0.1) is 0 Å². The summed E-state index contributed by atoms with van der Waals surface area (Å²) in [6.07, 6.45) is 0.744. The average molecular weight is 596 g/mol. The number of anilines is 1. The lowest BCUT2D eigenvalue weighted by Crippen LogP contribution is -2.51. The number of carbonyl (C=O) groups is 2. The molecule has 2 amide bonds. The van der Waals surface area contributed by atoms with Crippen molar-refractivity contribution in [3.8, 4) is 11.5 Å². The number of carbonyl (C=O) groups excluding carboxylic acids is 2. The number of benzene rings is 3. The van der Waals surface area contributed by atoms with Crippen LogP contribution in [0, 0.1) is 20.8 Å². The molecule has 1 atom stereocenters. The van der Waals surface area contributed by atoms with Crippen molar-refractivity contribution in [1.29, 1.82) is 0 Å². The molecule has 0 aliphatic rings. The summed E-state index contributed by atoms with van der Waals surface area (Å²) in [5, 5.41) is 2.85. The van der Waals surface area contributed by atoms with Gasteiger partial charge in [-0.2, -0.15) is 0 Å². The highest BCUT2D eigenvalue weighted by Crippen LogP contribution is 2.33. The summed E-state index contributed by atoms with van der Waals surface area (Å²) in [6.45, 7) is 9.38. The van der Waals surface area contributed by atoms with Crippen LogP contribution in [0.2, 0.25) is 0 Å². The smallest absolute Gasteiger partial charge is 0.264 e. The van der Waals surface area contributed by atoms with Crippen LogP contribution in [0.15, 0.2) is 65.6 Å². The van der Waals surface area contributed by atoms with Crippen LogP contribution in [-0.4, -0.2) is 58.5 Å². The zero-order valence-corrected chi connectivity index (χ0v) is 26.2. The Morgan fingerprint density at radius 3 is 2.05 bits per heavy atom. The minimum Gasteiger partial charge on any atom is -0.493 e. The average Bonchev–Trinajstić information content (AvgIpc) is 2.96. The highest BCUT2D eigenvalue weighted by molar-refractivity contribution is 7.92. The van der Waals surface area contributed by atoms with Crippen LogP contribution in [0.3, 0.4) is 0 Å². The zero-order valence-electron chi connectivity index (χ0n) is 25.4. The van der Waals surface area contributed by atoms with E-state index in [0.29, 0.717) is 18.0 Å². The Labute approximate surface area is 249 Å². The summed E-state index contributed by atoms with van der Waals surface area (Å²) < 4.78 is 40.1. The third kappa shape index (κ3) is 7.82. The molecule has 0 saturated carbocycles. The molecule has 0 aliphatic carbocycles. The first-order chi connectivity index (χ1) is 19.9. The molecule has 0 spiro atoms. The highest BCUT2D eigenvalue weighted by atomic mass is 32.2. The van der Waals surface area contributed by atoms with Gasteiger partial charge in [0, 0.05) is 19.2 Å². The summed E-state index contributed by atoms with van der Waals surface area (Å²) in [7, 11) is -1.37. The van der Waals surface area contributed by atoms with Crippen molar-refractivity contribution in [1.82, 2.24) is 10.2 Å². The molecule has 1 N–H and O–H groups in total. The zero-order chi connectivity index (χ0) is 31.0. The lowest BCUT2D eigenvalue weighted by molar-refractivity contribution is -0.139. The molecule has 0 saturated heterocycles. The Morgan fingerprint density at radius 1 is 0.857 bits per heavy atom. The number of nitrogens with one attached hydrogen (secondary N) is 1. The summed E-state index contributed by atoms with van der Waals surface area (Å²) in [6, 6.07) is 16.5. The molecule has 0 radical (unpaired) electrons. The predicted molar refractivity (Wildman–Crippen MR) is 164 cm³/mol. The second-order valence-corrected chi connectivity index (χ2v) is 12.2. The molecule has 3 aromatic rings. The summed E-state index contributed by atoms with van der Waals surface area (Å²) in [4.78, 5) is 28.5. The van der Waals surface area contributed by atoms with Crippen LogP contribution in [0.4, 0.5) is 5.69 Å². The lowest BCUT2D eigenvalue weighted by atomic mass is 10.1. The maximum Gasteiger partial charge on any atom is 0.264 e. The van der Waals surface area contributed by atoms with Gasteiger partial charge in [0.1, 0.15) is 12.6 Å². The van der Waals surface area contributed by atoms with Crippen LogP contribution < -0.4 is 19.1 Å². The van der Waals surface area contributed by atoms with E-state index in [4.69, 9.17) is 9.47 Å². The van der Waals surface area contributed by atoms with Crippen LogP contribution >= 0.6 is 0 Å². The van der Waals surface area contributed by atoms with E-state index >= 15 is 0 Å². The Hall–Kier alpha value is -4.05. The molecule has 0 aromatic heterocycles. The van der Waals surface area contributed by atoms with E-state index in [1.165, 1.54) is 37.3 Å². The van der Waals surface area contributed by atoms with Crippen molar-refractivity contribution in [2.24, 2.45) is 0 Å². The molecular formula is C32H41N3O6S. The molecular weight excluding hydrogens is 554 g/mol. The number of methoxy groups -OCH3 is 2. The predicted octanol–water partition coefficient (Wildman–Crippen LogP) is 4.77. The number of aryl methyl sites for hydroxylation is 3. The molecule has 0 fully saturated rings. The van der Waals surface area contributed by atoms with Gasteiger partial charge >= 0.3 is 0 Å². The standard InChI is InChI=1S/C32H41N3O6S/c1-8-15-33-32(37)25(5)34(20-26-11-9-22(2)10-12-26)31(36)21-35(27-17-23(3)16-24(4)18-27)42(38,39)28-13-14-29(40-6)30(19-28)41-7/h9-14,16-19,25H,8,15,20-21H2,1-7H3,(H,33,37)/t25-/m0/s1. The highest BCUT2D eigenvalue weighted by Gasteiger charge is 2.33. The number of amides is 2. The van der Waals surface area contributed by atoms with E-state index < -0.39 is 28.5 Å². The number of hydrogen-bond donors (Lipinski definition) is 1. The number of ether oxygens (including phenoxy) is 2. The molecule has 3 aromatic carbocycles. The van der Waals surface area contributed by atoms with Crippen LogP contribution in [0.5, 0.6) is 11.5 Å². The SMILES string of the molecule is CCCNC(=O)[C@H](C)N(Cc1ccc(C)cc1)C(=O)CN(c1cc(C)cc(C)c1)S(=O)(=O)c1ccc(OC)c(OC)c1. The lowest BCUT2D eigenvalue weighted by Gasteiger charge is -2.32. The van der Waals surface area contributed by atoms with Gasteiger partial charge in [-0.25, -0.2) is 8.42 Å². The number of rotatable bonds is 13. The van der Waals surface area contributed by atoms with Gasteiger partial charge in [-0.3, -0.25) is 13.9 Å². The molecule has 0 unspecified atom stereocenters. The van der Waals surface area contributed by atoms with Crippen molar-refractivity contribution >= 4 is 27.5 Å². The summed E-state index contributed by atoms with van der Waals surface area (Å²) in [5.41, 5.74) is 3.91. The minimum absolute atomic E-state index is 0.0640. The molecule has 9 nitrogen and oxygen atoms in total. The minimum atomic E-state index is -4.26. The van der Waals surface area contributed by atoms with Crippen LogP contribution in [0.25, 0.3) is 0 Å². The van der Waals surface area contributed by atoms with Crippen molar-refractivity contribution in [2.75, 3.05) is 31.6 Å². The topological polar surface area (TPSA) is 105 Å². The molecule has 0 heterocycles. The first-order valence-corrected chi connectivity index (χ1v) is 15.3. The molecule has 42 heavy (non-hydrogen) atoms. The fraction of sp³-hybridized carbons (Fsp3) is 0.375. The first kappa shape index (κ1) is 32.5. The molecule has 3 rings (SSSR count). The monoisotopic (exact) mass is 595 g/mol. The maximum atomic E-state index is 14.2. The Kier molecular flexibility index (Phi) is 11.0. The summed E-state index contributed by atoms with van der Waals surface area (Å²) in [5.74, 6) is -0.204. The van der Waals surface area contributed by atoms with Gasteiger partial charge in [-0.05, 0) is 75.1 Å². The third-order valence-electron chi connectivity index (χ3n) is 6.91. The van der Waals surface area contributed by atoms with Gasteiger partial charge in [-0.1, -0.05) is 42.8 Å². The fourth-order valence-electron chi connectivity index (χ4n) is 4.60. The van der Waals surface area contributed by atoms with E-state index in [1.54, 1.807) is 19.1 Å². The molecule has 10 heteroatoms. The van der Waals surface area contributed by atoms with Gasteiger partial charge < -0.3 is 19.7 Å². The Morgan fingerprint density at radius 2 is 1.48 bits per heavy atom. The van der Waals surface area contributed by atoms with Crippen molar-refractivity contribution in [3.05, 3.63) is 82.9 Å². The fourth-order valence-corrected chi connectivity index (χ4v) is 6.01. The van der Waals surface area contributed by atoms with Crippen molar-refractivity contribution < 1.29 is 27.5 Å². The molecule has 226 valence electrons. The normalized spacial score (nSPS) is 11.9. The maximum absolute atomic E-state index is 14.2. The van der Waals surface area contributed by atoms with E-state index in [-0.39, 0.29) is 23.1 Å². The van der Waals surface area contributed by atoms with E-state index in [0.717, 1.165) is 33.0 Å². The van der Waals surface area contributed by atoms with E-state index in [9.17, 15) is 18.0 Å². The van der Waals surface area contributed by atoms with E-state index in [1.807, 2.05) is 58.0 Å². The van der Waals surface area contributed by atoms with E-state index in [2.05, 4.69) is 5.32 Å². The Balaban J connectivity index is 2.09. The second kappa shape index (κ2) is 14.2. The number of sulfonamides is 1. The largest absolute Gasteiger partial charge is 0.493 e. The van der Waals surface area contributed by atoms with Gasteiger partial charge in [0.2, 0.25) is 11.8 Å². The second-order valence-electron chi connectivity index (χ2n) is 10.3. The first-order valence-electron chi connectivity index (χ1n) is 13.9. The van der Waals surface area contributed by atoms with Crippen LogP contribution in [-0.2, 0) is 26.2 Å². The number of nitrogens with zero attached hydrogens (tertiary/aromatic N) is 2. The van der Waals surface area contributed by atoms with Gasteiger partial charge in [0.25, 0.3) is 10.0 Å². The number of hydrogen-bond acceptors (Lipinski definition) is 6. The van der Waals surface area contributed by atoms with Crippen molar-refractivity contribution in [3.63, 3.8) is 0 Å². The van der Waals surface area contributed by atoms with Crippen LogP contribution in [0.1, 0.15) is 42.5 Å².